The van der Waals surface area contributed by atoms with E-state index in [4.69, 9.17) is 9.47 Å². The summed E-state index contributed by atoms with van der Waals surface area (Å²) in [4.78, 5) is 21.7. The van der Waals surface area contributed by atoms with Gasteiger partial charge in [0, 0.05) is 0 Å². The first-order valence-electron chi connectivity index (χ1n) is 8.30. The summed E-state index contributed by atoms with van der Waals surface area (Å²) >= 11 is 0. The Morgan fingerprint density at radius 3 is 2.08 bits per heavy atom. The number of fused-ring (bicyclic) bond motifs is 1. The Morgan fingerprint density at radius 2 is 1.48 bits per heavy atom. The minimum Gasteiger partial charge on any atom is -0.497 e. The first-order chi connectivity index (χ1) is 12.1. The van der Waals surface area contributed by atoms with E-state index >= 15 is 0 Å². The van der Waals surface area contributed by atoms with Crippen LogP contribution in [-0.4, -0.2) is 23.0 Å². The van der Waals surface area contributed by atoms with Crippen molar-refractivity contribution >= 4 is 17.0 Å². The number of hydrogen-bond donors (Lipinski definition) is 0. The molecule has 2 aromatic carbocycles. The second-order valence-corrected chi connectivity index (χ2v) is 5.59. The Hall–Kier alpha value is -2.95. The maximum absolute atomic E-state index is 12.4. The van der Waals surface area contributed by atoms with E-state index in [9.17, 15) is 4.79 Å². The van der Waals surface area contributed by atoms with Crippen molar-refractivity contribution in [2.75, 3.05) is 7.11 Å². The van der Waals surface area contributed by atoms with Crippen molar-refractivity contribution in [1.82, 2.24) is 9.97 Å². The second-order valence-electron chi connectivity index (χ2n) is 5.59. The van der Waals surface area contributed by atoms with Gasteiger partial charge in [-0.05, 0) is 55.3 Å². The lowest BCUT2D eigenvalue weighted by molar-refractivity contribution is 0.0735. The quantitative estimate of drug-likeness (QED) is 0.521. The van der Waals surface area contributed by atoms with E-state index in [1.807, 2.05) is 6.07 Å². The molecule has 0 aliphatic carbocycles. The zero-order valence-corrected chi connectivity index (χ0v) is 14.6. The minimum absolute atomic E-state index is 0.425. The molecule has 0 N–H and O–H groups in total. The number of aromatic nitrogens is 2. The molecule has 0 amide bonds. The van der Waals surface area contributed by atoms with Gasteiger partial charge in [-0.25, -0.2) is 14.8 Å². The normalized spacial score (nSPS) is 10.7. The Morgan fingerprint density at radius 1 is 0.880 bits per heavy atom. The summed E-state index contributed by atoms with van der Waals surface area (Å²) in [7, 11) is 1.59. The fourth-order valence-electron chi connectivity index (χ4n) is 2.63. The highest BCUT2D eigenvalue weighted by molar-refractivity contribution is 5.94. The maximum atomic E-state index is 12.4. The lowest BCUT2D eigenvalue weighted by atomic mass is 10.1. The Balaban J connectivity index is 1.88. The van der Waals surface area contributed by atoms with Crippen LogP contribution in [-0.2, 0) is 12.8 Å². The molecule has 0 radical (unpaired) electrons. The van der Waals surface area contributed by atoms with Gasteiger partial charge in [-0.15, -0.1) is 0 Å². The van der Waals surface area contributed by atoms with Gasteiger partial charge in [-0.1, -0.05) is 13.8 Å². The lowest BCUT2D eigenvalue weighted by Gasteiger charge is -2.08. The second kappa shape index (κ2) is 7.30. The van der Waals surface area contributed by atoms with E-state index in [2.05, 4.69) is 23.8 Å². The fraction of sp³-hybridized carbons (Fsp3) is 0.250. The van der Waals surface area contributed by atoms with Gasteiger partial charge in [0.05, 0.1) is 35.1 Å². The van der Waals surface area contributed by atoms with E-state index in [0.717, 1.165) is 29.7 Å². The van der Waals surface area contributed by atoms with Gasteiger partial charge in [0.15, 0.2) is 0 Å². The third-order valence-electron chi connectivity index (χ3n) is 3.99. The highest BCUT2D eigenvalue weighted by Gasteiger charge is 2.12. The maximum Gasteiger partial charge on any atom is 0.343 e. The zero-order valence-electron chi connectivity index (χ0n) is 14.6. The molecule has 0 spiro atoms. The van der Waals surface area contributed by atoms with Crippen molar-refractivity contribution < 1.29 is 14.3 Å². The Kier molecular flexibility index (Phi) is 4.93. The number of nitrogens with zero attached hydrogens (tertiary/aromatic N) is 2. The zero-order chi connectivity index (χ0) is 17.8. The highest BCUT2D eigenvalue weighted by atomic mass is 16.5. The predicted molar refractivity (Wildman–Crippen MR) is 96.2 cm³/mol. The van der Waals surface area contributed by atoms with Crippen molar-refractivity contribution in [3.8, 4) is 11.5 Å². The first-order valence-corrected chi connectivity index (χ1v) is 8.30. The Bertz CT molecular complexity index is 905. The largest absolute Gasteiger partial charge is 0.497 e. The fourth-order valence-corrected chi connectivity index (χ4v) is 2.63. The van der Waals surface area contributed by atoms with Crippen LogP contribution in [0.1, 0.15) is 35.6 Å². The standard InChI is InChI=1S/C20H20N2O3/c1-4-16-17(5-2)22-19-12-13(6-11-18(19)21-16)20(23)25-15-9-7-14(24-3)8-10-15/h6-12H,4-5H2,1-3H3. The SMILES string of the molecule is CCc1nc2ccc(C(=O)Oc3ccc(OC)cc3)cc2nc1CC. The molecule has 0 bridgehead atoms. The number of rotatable bonds is 5. The van der Waals surface area contributed by atoms with Gasteiger partial charge in [-0.2, -0.15) is 0 Å². The average molecular weight is 336 g/mol. The van der Waals surface area contributed by atoms with Crippen LogP contribution in [0.4, 0.5) is 0 Å². The molecule has 0 fully saturated rings. The van der Waals surface area contributed by atoms with Crippen LogP contribution in [0.25, 0.3) is 11.0 Å². The predicted octanol–water partition coefficient (Wildman–Crippen LogP) is 3.98. The summed E-state index contributed by atoms with van der Waals surface area (Å²) in [5.41, 5.74) is 3.91. The number of hydrogen-bond acceptors (Lipinski definition) is 5. The van der Waals surface area contributed by atoms with Crippen LogP contribution in [0.15, 0.2) is 42.5 Å². The topological polar surface area (TPSA) is 61.3 Å². The summed E-state index contributed by atoms with van der Waals surface area (Å²) in [5.74, 6) is 0.749. The minimum atomic E-state index is -0.425. The summed E-state index contributed by atoms with van der Waals surface area (Å²) < 4.78 is 10.5. The molecule has 128 valence electrons. The van der Waals surface area contributed by atoms with E-state index in [1.165, 1.54) is 0 Å². The molecule has 0 atom stereocenters. The summed E-state index contributed by atoms with van der Waals surface area (Å²) in [6, 6.07) is 12.1. The van der Waals surface area contributed by atoms with E-state index in [0.29, 0.717) is 22.6 Å². The molecular formula is C20H20N2O3. The number of esters is 1. The molecule has 0 aliphatic rings. The number of carbonyl (C=O) groups excluding carboxylic acids is 1. The summed E-state index contributed by atoms with van der Waals surface area (Å²) in [6.07, 6.45) is 1.65. The van der Waals surface area contributed by atoms with Crippen LogP contribution in [0.2, 0.25) is 0 Å². The molecule has 0 unspecified atom stereocenters. The third kappa shape index (κ3) is 3.60. The number of methoxy groups -OCH3 is 1. The van der Waals surface area contributed by atoms with E-state index in [-0.39, 0.29) is 0 Å². The number of carbonyl (C=O) groups is 1. The molecule has 0 saturated carbocycles. The number of benzene rings is 2. The first kappa shape index (κ1) is 16.9. The molecule has 3 rings (SSSR count). The molecule has 3 aromatic rings. The molecule has 25 heavy (non-hydrogen) atoms. The molecular weight excluding hydrogens is 316 g/mol. The molecule has 1 heterocycles. The van der Waals surface area contributed by atoms with Gasteiger partial charge in [-0.3, -0.25) is 0 Å². The summed E-state index contributed by atoms with van der Waals surface area (Å²) in [5, 5.41) is 0. The van der Waals surface area contributed by atoms with E-state index < -0.39 is 5.97 Å². The van der Waals surface area contributed by atoms with Crippen LogP contribution < -0.4 is 9.47 Å². The average Bonchev–Trinajstić information content (AvgIpc) is 2.66. The van der Waals surface area contributed by atoms with Gasteiger partial charge in [0.2, 0.25) is 0 Å². The Labute approximate surface area is 146 Å². The van der Waals surface area contributed by atoms with Crippen molar-refractivity contribution in [3.63, 3.8) is 0 Å². The van der Waals surface area contributed by atoms with Gasteiger partial charge < -0.3 is 9.47 Å². The summed E-state index contributed by atoms with van der Waals surface area (Å²) in [6.45, 7) is 4.12. The van der Waals surface area contributed by atoms with Crippen LogP contribution in [0.5, 0.6) is 11.5 Å². The monoisotopic (exact) mass is 336 g/mol. The molecule has 0 saturated heterocycles. The smallest absolute Gasteiger partial charge is 0.343 e. The molecule has 5 nitrogen and oxygen atoms in total. The van der Waals surface area contributed by atoms with Crippen molar-refractivity contribution in [2.24, 2.45) is 0 Å². The van der Waals surface area contributed by atoms with E-state index in [1.54, 1.807) is 43.5 Å². The third-order valence-corrected chi connectivity index (χ3v) is 3.99. The lowest BCUT2D eigenvalue weighted by Crippen LogP contribution is -2.09. The van der Waals surface area contributed by atoms with Crippen LogP contribution >= 0.6 is 0 Å². The molecule has 5 heteroatoms. The van der Waals surface area contributed by atoms with Gasteiger partial charge in [0.1, 0.15) is 11.5 Å². The van der Waals surface area contributed by atoms with Crippen molar-refractivity contribution in [1.29, 1.82) is 0 Å². The number of aryl methyl sites for hydroxylation is 2. The van der Waals surface area contributed by atoms with Gasteiger partial charge in [0.25, 0.3) is 0 Å². The van der Waals surface area contributed by atoms with Crippen molar-refractivity contribution in [2.45, 2.75) is 26.7 Å². The molecule has 1 aromatic heterocycles. The number of ether oxygens (including phenoxy) is 2. The highest BCUT2D eigenvalue weighted by Crippen LogP contribution is 2.20. The van der Waals surface area contributed by atoms with Gasteiger partial charge >= 0.3 is 5.97 Å². The van der Waals surface area contributed by atoms with Crippen LogP contribution in [0.3, 0.4) is 0 Å². The van der Waals surface area contributed by atoms with Crippen molar-refractivity contribution in [3.05, 3.63) is 59.4 Å². The molecule has 0 aliphatic heterocycles. The van der Waals surface area contributed by atoms with Crippen LogP contribution in [0, 0.1) is 0 Å².